The highest BCUT2D eigenvalue weighted by atomic mass is 16.5. The van der Waals surface area contributed by atoms with Gasteiger partial charge in [0.15, 0.2) is 0 Å². The number of benzene rings is 1. The Balaban J connectivity index is 1.92. The number of para-hydroxylation sites is 2. The Hall–Kier alpha value is -2.28. The van der Waals surface area contributed by atoms with Crippen molar-refractivity contribution in [2.24, 2.45) is 0 Å². The van der Waals surface area contributed by atoms with E-state index in [4.69, 9.17) is 4.74 Å². The first-order valence-corrected chi connectivity index (χ1v) is 8.30. The van der Waals surface area contributed by atoms with E-state index in [2.05, 4.69) is 15.5 Å². The van der Waals surface area contributed by atoms with Gasteiger partial charge in [-0.3, -0.25) is 9.69 Å². The van der Waals surface area contributed by atoms with Gasteiger partial charge in [0.2, 0.25) is 5.91 Å². The minimum Gasteiger partial charge on any atom is -0.492 e. The average Bonchev–Trinajstić information content (AvgIpc) is 2.62. The molecular weight excluding hydrogens is 308 g/mol. The Morgan fingerprint density at radius 2 is 1.88 bits per heavy atom. The molecule has 2 rings (SSSR count). The summed E-state index contributed by atoms with van der Waals surface area (Å²) in [7, 11) is 1.63. The fraction of sp³-hybridized carbons (Fsp3) is 0.529. The van der Waals surface area contributed by atoms with Gasteiger partial charge in [-0.25, -0.2) is 4.79 Å². The second-order valence-corrected chi connectivity index (χ2v) is 5.67. The van der Waals surface area contributed by atoms with Gasteiger partial charge in [0.25, 0.3) is 0 Å². The number of carbonyl (C=O) groups excluding carboxylic acids is 2. The van der Waals surface area contributed by atoms with Crippen LogP contribution in [0.4, 0.5) is 10.5 Å². The van der Waals surface area contributed by atoms with E-state index in [1.165, 1.54) is 0 Å². The predicted molar refractivity (Wildman–Crippen MR) is 93.3 cm³/mol. The van der Waals surface area contributed by atoms with Gasteiger partial charge in [0.05, 0.1) is 18.3 Å². The molecule has 3 amide bonds. The number of amides is 3. The first-order valence-electron chi connectivity index (χ1n) is 8.30. The second kappa shape index (κ2) is 8.54. The first-order chi connectivity index (χ1) is 11.6. The molecule has 1 fully saturated rings. The van der Waals surface area contributed by atoms with Crippen LogP contribution >= 0.6 is 0 Å². The van der Waals surface area contributed by atoms with Crippen molar-refractivity contribution in [2.75, 3.05) is 45.2 Å². The molecule has 24 heavy (non-hydrogen) atoms. The van der Waals surface area contributed by atoms with Gasteiger partial charge in [-0.2, -0.15) is 0 Å². The summed E-state index contributed by atoms with van der Waals surface area (Å²) in [6, 6.07) is 7.07. The first kappa shape index (κ1) is 18.1. The Bertz CT molecular complexity index is 571. The van der Waals surface area contributed by atoms with E-state index >= 15 is 0 Å². The highest BCUT2D eigenvalue weighted by Crippen LogP contribution is 2.24. The standard InChI is InChI=1S/C17H26N4O3/c1-4-24-15-8-6-5-7-14(15)19-16(22)13(2)20-9-11-21(12-10-20)17(23)18-3/h5-8,13H,4,9-12H2,1-3H3,(H,18,23)(H,19,22)/t13-/m1/s1. The molecular formula is C17H26N4O3. The highest BCUT2D eigenvalue weighted by molar-refractivity contribution is 5.95. The van der Waals surface area contributed by atoms with Gasteiger partial charge in [0, 0.05) is 33.2 Å². The van der Waals surface area contributed by atoms with E-state index in [0.717, 1.165) is 0 Å². The molecule has 1 atom stereocenters. The molecule has 1 aliphatic rings. The van der Waals surface area contributed by atoms with E-state index < -0.39 is 0 Å². The van der Waals surface area contributed by atoms with Crippen molar-refractivity contribution >= 4 is 17.6 Å². The van der Waals surface area contributed by atoms with E-state index in [-0.39, 0.29) is 18.0 Å². The van der Waals surface area contributed by atoms with Gasteiger partial charge in [-0.1, -0.05) is 12.1 Å². The van der Waals surface area contributed by atoms with Crippen molar-refractivity contribution in [1.82, 2.24) is 15.1 Å². The summed E-state index contributed by atoms with van der Waals surface area (Å²) in [6.45, 7) is 6.93. The van der Waals surface area contributed by atoms with Gasteiger partial charge in [-0.15, -0.1) is 0 Å². The van der Waals surface area contributed by atoms with Crippen molar-refractivity contribution in [3.05, 3.63) is 24.3 Å². The summed E-state index contributed by atoms with van der Waals surface area (Å²) < 4.78 is 5.54. The molecule has 1 aliphatic heterocycles. The number of rotatable bonds is 5. The van der Waals surface area contributed by atoms with Crippen LogP contribution in [-0.2, 0) is 4.79 Å². The summed E-state index contributed by atoms with van der Waals surface area (Å²) in [5, 5.41) is 5.57. The Kier molecular flexibility index (Phi) is 6.43. The van der Waals surface area contributed by atoms with Gasteiger partial charge in [-0.05, 0) is 26.0 Å². The van der Waals surface area contributed by atoms with E-state index in [0.29, 0.717) is 44.2 Å². The summed E-state index contributed by atoms with van der Waals surface area (Å²) >= 11 is 0. The van der Waals surface area contributed by atoms with Crippen molar-refractivity contribution < 1.29 is 14.3 Å². The number of carbonyl (C=O) groups is 2. The zero-order valence-corrected chi connectivity index (χ0v) is 14.5. The summed E-state index contributed by atoms with van der Waals surface area (Å²) in [5.41, 5.74) is 0.681. The molecule has 7 heteroatoms. The highest BCUT2D eigenvalue weighted by Gasteiger charge is 2.27. The van der Waals surface area contributed by atoms with Gasteiger partial charge >= 0.3 is 6.03 Å². The van der Waals surface area contributed by atoms with Crippen LogP contribution in [-0.4, -0.2) is 67.6 Å². The van der Waals surface area contributed by atoms with Crippen LogP contribution in [0.3, 0.4) is 0 Å². The van der Waals surface area contributed by atoms with Crippen LogP contribution in [0.1, 0.15) is 13.8 Å². The van der Waals surface area contributed by atoms with Crippen molar-refractivity contribution in [2.45, 2.75) is 19.9 Å². The number of urea groups is 1. The van der Waals surface area contributed by atoms with Crippen molar-refractivity contribution in [3.8, 4) is 5.75 Å². The third-order valence-corrected chi connectivity index (χ3v) is 4.19. The zero-order chi connectivity index (χ0) is 17.5. The molecule has 1 saturated heterocycles. The molecule has 1 aromatic rings. The quantitative estimate of drug-likeness (QED) is 0.853. The molecule has 0 unspecified atom stereocenters. The Morgan fingerprint density at radius 3 is 2.50 bits per heavy atom. The lowest BCUT2D eigenvalue weighted by atomic mass is 10.2. The number of anilines is 1. The summed E-state index contributed by atoms with van der Waals surface area (Å²) in [5.74, 6) is 0.598. The minimum absolute atomic E-state index is 0.0719. The molecule has 1 heterocycles. The molecule has 0 bridgehead atoms. The zero-order valence-electron chi connectivity index (χ0n) is 14.5. The van der Waals surface area contributed by atoms with Gasteiger partial charge < -0.3 is 20.3 Å². The van der Waals surface area contributed by atoms with E-state index in [1.54, 1.807) is 11.9 Å². The van der Waals surface area contributed by atoms with Crippen LogP contribution < -0.4 is 15.4 Å². The smallest absolute Gasteiger partial charge is 0.317 e. The fourth-order valence-corrected chi connectivity index (χ4v) is 2.72. The maximum atomic E-state index is 12.5. The van der Waals surface area contributed by atoms with Crippen molar-refractivity contribution in [3.63, 3.8) is 0 Å². The Morgan fingerprint density at radius 1 is 1.21 bits per heavy atom. The monoisotopic (exact) mass is 334 g/mol. The molecule has 1 aromatic carbocycles. The van der Waals surface area contributed by atoms with Crippen LogP contribution in [0, 0.1) is 0 Å². The predicted octanol–water partition coefficient (Wildman–Crippen LogP) is 1.37. The normalized spacial score (nSPS) is 16.4. The molecule has 0 aromatic heterocycles. The molecule has 0 saturated carbocycles. The maximum Gasteiger partial charge on any atom is 0.317 e. The third kappa shape index (κ3) is 4.38. The molecule has 2 N–H and O–H groups in total. The number of ether oxygens (including phenoxy) is 1. The molecule has 0 spiro atoms. The van der Waals surface area contributed by atoms with E-state index in [1.807, 2.05) is 38.1 Å². The molecule has 0 radical (unpaired) electrons. The molecule has 0 aliphatic carbocycles. The van der Waals surface area contributed by atoms with E-state index in [9.17, 15) is 9.59 Å². The lowest BCUT2D eigenvalue weighted by molar-refractivity contribution is -0.121. The Labute approximate surface area is 142 Å². The number of nitrogens with one attached hydrogen (secondary N) is 2. The summed E-state index contributed by atoms with van der Waals surface area (Å²) in [6.07, 6.45) is 0. The van der Waals surface area contributed by atoms with Crippen LogP contribution in [0.15, 0.2) is 24.3 Å². The lowest BCUT2D eigenvalue weighted by Crippen LogP contribution is -2.55. The topological polar surface area (TPSA) is 73.9 Å². The van der Waals surface area contributed by atoms with Crippen LogP contribution in [0.25, 0.3) is 0 Å². The van der Waals surface area contributed by atoms with Crippen LogP contribution in [0.5, 0.6) is 5.75 Å². The van der Waals surface area contributed by atoms with Gasteiger partial charge in [0.1, 0.15) is 5.75 Å². The molecule has 132 valence electrons. The SMILES string of the molecule is CCOc1ccccc1NC(=O)[C@@H](C)N1CCN(C(=O)NC)CC1. The largest absolute Gasteiger partial charge is 0.492 e. The molecule has 7 nitrogen and oxygen atoms in total. The lowest BCUT2D eigenvalue weighted by Gasteiger charge is -2.37. The number of hydrogen-bond acceptors (Lipinski definition) is 4. The minimum atomic E-state index is -0.272. The number of nitrogens with zero attached hydrogens (tertiary/aromatic N) is 2. The third-order valence-electron chi connectivity index (χ3n) is 4.19. The summed E-state index contributed by atoms with van der Waals surface area (Å²) in [4.78, 5) is 28.0. The van der Waals surface area contributed by atoms with Crippen molar-refractivity contribution in [1.29, 1.82) is 0 Å². The second-order valence-electron chi connectivity index (χ2n) is 5.67. The number of piperazine rings is 1. The van der Waals surface area contributed by atoms with Crippen LogP contribution in [0.2, 0.25) is 0 Å². The number of hydrogen-bond donors (Lipinski definition) is 2. The average molecular weight is 334 g/mol. The maximum absolute atomic E-state index is 12.5. The fourth-order valence-electron chi connectivity index (χ4n) is 2.72.